The molecule has 1 fully saturated rings. The lowest BCUT2D eigenvalue weighted by molar-refractivity contribution is -0.0274. The summed E-state index contributed by atoms with van der Waals surface area (Å²) in [5, 5.41) is 11.9. The highest BCUT2D eigenvalue weighted by Gasteiger charge is 2.42. The van der Waals surface area contributed by atoms with Crippen LogP contribution in [0.5, 0.6) is 0 Å². The molecule has 0 heterocycles. The van der Waals surface area contributed by atoms with Gasteiger partial charge in [-0.05, 0) is 63.9 Å². The van der Waals surface area contributed by atoms with Crippen molar-refractivity contribution < 1.29 is 5.11 Å². The third-order valence-electron chi connectivity index (χ3n) is 5.00. The highest BCUT2D eigenvalue weighted by Crippen LogP contribution is 2.46. The average molecular weight is 344 g/mol. The van der Waals surface area contributed by atoms with Crippen LogP contribution >= 0.6 is 23.2 Å². The Morgan fingerprint density at radius 1 is 1.09 bits per heavy atom. The van der Waals surface area contributed by atoms with Gasteiger partial charge in [0.15, 0.2) is 0 Å². The molecular weight excluding hydrogens is 317 g/mol. The molecule has 1 aromatic carbocycles. The average Bonchev–Trinajstić information content (AvgIpc) is 2.45. The van der Waals surface area contributed by atoms with Gasteiger partial charge in [-0.25, -0.2) is 0 Å². The summed E-state index contributed by atoms with van der Waals surface area (Å²) in [4.78, 5) is 2.23. The molecule has 0 atom stereocenters. The summed E-state index contributed by atoms with van der Waals surface area (Å²) < 4.78 is 0. The fraction of sp³-hybridized carbons (Fsp3) is 0.667. The van der Waals surface area contributed by atoms with E-state index < -0.39 is 5.60 Å². The summed E-state index contributed by atoms with van der Waals surface area (Å²) >= 11 is 12.3. The second-order valence-electron chi connectivity index (χ2n) is 7.12. The van der Waals surface area contributed by atoms with E-state index in [2.05, 4.69) is 32.0 Å². The van der Waals surface area contributed by atoms with Crippen molar-refractivity contribution in [1.29, 1.82) is 0 Å². The van der Waals surface area contributed by atoms with Crippen molar-refractivity contribution >= 4 is 23.2 Å². The molecule has 0 saturated heterocycles. The van der Waals surface area contributed by atoms with Crippen molar-refractivity contribution in [1.82, 2.24) is 4.90 Å². The molecule has 1 N–H and O–H groups in total. The molecule has 2 nitrogen and oxygen atoms in total. The molecule has 0 aliphatic heterocycles. The fourth-order valence-electron chi connectivity index (χ4n) is 3.88. The van der Waals surface area contributed by atoms with Crippen molar-refractivity contribution in [3.8, 4) is 0 Å². The molecule has 0 radical (unpaired) electrons. The smallest absolute Gasteiger partial charge is 0.0648 e. The molecule has 1 aromatic rings. The Balaban J connectivity index is 2.28. The van der Waals surface area contributed by atoms with Crippen molar-refractivity contribution in [3.63, 3.8) is 0 Å². The predicted molar refractivity (Wildman–Crippen MR) is 95.0 cm³/mol. The van der Waals surface area contributed by atoms with Gasteiger partial charge in [0.2, 0.25) is 0 Å². The van der Waals surface area contributed by atoms with Crippen LogP contribution in [-0.2, 0) is 5.41 Å². The Bertz CT molecular complexity index is 508. The molecule has 0 unspecified atom stereocenters. The lowest BCUT2D eigenvalue weighted by Crippen LogP contribution is -2.46. The van der Waals surface area contributed by atoms with E-state index in [-0.39, 0.29) is 5.41 Å². The molecule has 2 rings (SSSR count). The van der Waals surface area contributed by atoms with Crippen molar-refractivity contribution in [2.75, 3.05) is 20.6 Å². The first kappa shape index (κ1) is 18.1. The van der Waals surface area contributed by atoms with Crippen LogP contribution in [0.2, 0.25) is 10.0 Å². The Morgan fingerprint density at radius 2 is 1.73 bits per heavy atom. The van der Waals surface area contributed by atoms with Gasteiger partial charge in [0.1, 0.15) is 0 Å². The minimum Gasteiger partial charge on any atom is -0.390 e. The number of rotatable bonds is 5. The van der Waals surface area contributed by atoms with Crippen LogP contribution in [0.3, 0.4) is 0 Å². The number of halogens is 2. The van der Waals surface area contributed by atoms with Crippen LogP contribution in [0.15, 0.2) is 18.2 Å². The first-order valence-corrected chi connectivity index (χ1v) is 8.88. The van der Waals surface area contributed by atoms with Crippen LogP contribution in [0, 0.1) is 0 Å². The van der Waals surface area contributed by atoms with Gasteiger partial charge in [-0.1, -0.05) is 42.6 Å². The maximum atomic E-state index is 10.7. The van der Waals surface area contributed by atoms with Gasteiger partial charge in [0.05, 0.1) is 15.6 Å². The second kappa shape index (κ2) is 7.09. The summed E-state index contributed by atoms with van der Waals surface area (Å²) in [7, 11) is 4.21. The second-order valence-corrected chi connectivity index (χ2v) is 7.94. The van der Waals surface area contributed by atoms with Crippen LogP contribution < -0.4 is 0 Å². The van der Waals surface area contributed by atoms with Gasteiger partial charge in [-0.3, -0.25) is 0 Å². The van der Waals surface area contributed by atoms with Gasteiger partial charge >= 0.3 is 0 Å². The number of aliphatic hydroxyl groups is 1. The molecule has 0 spiro atoms. The summed E-state index contributed by atoms with van der Waals surface area (Å²) in [5.74, 6) is 0. The molecular formula is C18H27Cl2NO. The SMILES string of the molecule is CCCC1(O)CCC(CN(C)C)(c2ccc(Cl)c(Cl)c2)CC1. The molecule has 0 aromatic heterocycles. The van der Waals surface area contributed by atoms with Crippen LogP contribution in [0.4, 0.5) is 0 Å². The Hall–Kier alpha value is -0.280. The lowest BCUT2D eigenvalue weighted by atomic mass is 9.64. The normalized spacial score (nSPS) is 29.0. The lowest BCUT2D eigenvalue weighted by Gasteiger charge is -2.46. The monoisotopic (exact) mass is 343 g/mol. The molecule has 124 valence electrons. The molecule has 0 bridgehead atoms. The van der Waals surface area contributed by atoms with Crippen LogP contribution in [0.1, 0.15) is 51.0 Å². The molecule has 1 aliphatic carbocycles. The van der Waals surface area contributed by atoms with Gasteiger partial charge in [0, 0.05) is 12.0 Å². The largest absolute Gasteiger partial charge is 0.390 e. The first-order valence-electron chi connectivity index (χ1n) is 8.13. The summed E-state index contributed by atoms with van der Waals surface area (Å²) in [6, 6.07) is 6.00. The van der Waals surface area contributed by atoms with Crippen LogP contribution in [-0.4, -0.2) is 36.2 Å². The van der Waals surface area contributed by atoms with E-state index in [1.807, 2.05) is 12.1 Å². The third-order valence-corrected chi connectivity index (χ3v) is 5.74. The van der Waals surface area contributed by atoms with Gasteiger partial charge in [-0.15, -0.1) is 0 Å². The maximum absolute atomic E-state index is 10.7. The number of likely N-dealkylation sites (N-methyl/N-ethyl adjacent to an activating group) is 1. The topological polar surface area (TPSA) is 23.5 Å². The van der Waals surface area contributed by atoms with E-state index in [1.165, 1.54) is 5.56 Å². The van der Waals surface area contributed by atoms with E-state index in [0.717, 1.165) is 45.1 Å². The Kier molecular flexibility index (Phi) is 5.82. The van der Waals surface area contributed by atoms with E-state index in [1.54, 1.807) is 0 Å². The number of nitrogens with zero attached hydrogens (tertiary/aromatic N) is 1. The highest BCUT2D eigenvalue weighted by molar-refractivity contribution is 6.42. The predicted octanol–water partition coefficient (Wildman–Crippen LogP) is 4.90. The van der Waals surface area contributed by atoms with E-state index >= 15 is 0 Å². The Morgan fingerprint density at radius 3 is 2.23 bits per heavy atom. The van der Waals surface area contributed by atoms with Gasteiger partial charge in [0.25, 0.3) is 0 Å². The zero-order valence-electron chi connectivity index (χ0n) is 13.8. The Labute approximate surface area is 144 Å². The van der Waals surface area contributed by atoms with Gasteiger partial charge in [-0.2, -0.15) is 0 Å². The minimum absolute atomic E-state index is 0.0533. The molecule has 0 amide bonds. The van der Waals surface area contributed by atoms with E-state index in [9.17, 15) is 5.11 Å². The molecule has 22 heavy (non-hydrogen) atoms. The van der Waals surface area contributed by atoms with E-state index in [4.69, 9.17) is 23.2 Å². The van der Waals surface area contributed by atoms with Crippen molar-refractivity contribution in [2.45, 2.75) is 56.5 Å². The molecule has 1 aliphatic rings. The molecule has 1 saturated carbocycles. The van der Waals surface area contributed by atoms with Crippen molar-refractivity contribution in [3.05, 3.63) is 33.8 Å². The van der Waals surface area contributed by atoms with Crippen molar-refractivity contribution in [2.24, 2.45) is 0 Å². The minimum atomic E-state index is -0.485. The zero-order valence-corrected chi connectivity index (χ0v) is 15.3. The maximum Gasteiger partial charge on any atom is 0.0648 e. The number of benzene rings is 1. The summed E-state index contributed by atoms with van der Waals surface area (Å²) in [5.41, 5.74) is 0.813. The summed E-state index contributed by atoms with van der Waals surface area (Å²) in [6.45, 7) is 3.10. The summed E-state index contributed by atoms with van der Waals surface area (Å²) in [6.07, 6.45) is 5.61. The van der Waals surface area contributed by atoms with E-state index in [0.29, 0.717) is 10.0 Å². The quantitative estimate of drug-likeness (QED) is 0.821. The highest BCUT2D eigenvalue weighted by atomic mass is 35.5. The molecule has 4 heteroatoms. The zero-order chi connectivity index (χ0) is 16.4. The number of hydrogen-bond donors (Lipinski definition) is 1. The van der Waals surface area contributed by atoms with Crippen LogP contribution in [0.25, 0.3) is 0 Å². The number of hydrogen-bond acceptors (Lipinski definition) is 2. The fourth-order valence-corrected chi connectivity index (χ4v) is 4.18. The van der Waals surface area contributed by atoms with Gasteiger partial charge < -0.3 is 10.0 Å². The standard InChI is InChI=1S/C18H27Cl2NO/c1-4-7-18(22)10-8-17(9-11-18,13-21(2)3)14-5-6-15(19)16(20)12-14/h5-6,12,22H,4,7-11,13H2,1-3H3. The third kappa shape index (κ3) is 3.97. The first-order chi connectivity index (χ1) is 10.3.